The molecule has 0 N–H and O–H groups in total. The second-order valence-corrected chi connectivity index (χ2v) is 14.7. The molecule has 4 nitrogen and oxygen atoms in total. The van der Waals surface area contributed by atoms with Gasteiger partial charge >= 0.3 is 0 Å². The predicted molar refractivity (Wildman–Crippen MR) is 216 cm³/mol. The Balaban J connectivity index is 1.13. The Morgan fingerprint density at radius 2 is 0.852 bits per heavy atom. The summed E-state index contributed by atoms with van der Waals surface area (Å²) in [6.45, 7) is 4.72. The monoisotopic (exact) mass is 690 g/mol. The first-order chi connectivity index (χ1) is 26.5. The molecule has 0 atom stereocenters. The Morgan fingerprint density at radius 1 is 0.389 bits per heavy atom. The van der Waals surface area contributed by atoms with Gasteiger partial charge in [-0.15, -0.1) is 0 Å². The zero-order valence-electron chi connectivity index (χ0n) is 30.0. The van der Waals surface area contributed by atoms with Crippen molar-refractivity contribution in [3.8, 4) is 62.5 Å². The number of hydrogen-bond donors (Lipinski definition) is 0. The average Bonchev–Trinajstić information content (AvgIpc) is 3.53. The number of hydrogen-bond acceptors (Lipinski definition) is 4. The highest BCUT2D eigenvalue weighted by Crippen LogP contribution is 2.62. The minimum atomic E-state index is -0.421. The van der Waals surface area contributed by atoms with Crippen molar-refractivity contribution in [2.24, 2.45) is 0 Å². The Bertz CT molecular complexity index is 2760. The summed E-state index contributed by atoms with van der Waals surface area (Å²) in [6.07, 6.45) is 0. The molecule has 1 aromatic heterocycles. The zero-order chi connectivity index (χ0) is 36.4. The van der Waals surface area contributed by atoms with Crippen LogP contribution in [0.4, 0.5) is 0 Å². The molecule has 10 rings (SSSR count). The highest BCUT2D eigenvalue weighted by molar-refractivity contribution is 5.91. The fourth-order valence-electron chi connectivity index (χ4n) is 8.93. The molecule has 54 heavy (non-hydrogen) atoms. The summed E-state index contributed by atoms with van der Waals surface area (Å²) >= 11 is 0. The molecule has 1 spiro atoms. The van der Waals surface area contributed by atoms with Gasteiger partial charge in [0, 0.05) is 22.1 Å². The fourth-order valence-corrected chi connectivity index (χ4v) is 8.93. The summed E-state index contributed by atoms with van der Waals surface area (Å²) in [5.74, 6) is 1.75. The lowest BCUT2D eigenvalue weighted by atomic mass is 9.55. The van der Waals surface area contributed by atoms with Crippen LogP contribution in [0.5, 0.6) is 0 Å². The van der Waals surface area contributed by atoms with Crippen molar-refractivity contribution in [2.45, 2.75) is 24.7 Å². The Morgan fingerprint density at radius 3 is 1.50 bits per heavy atom. The lowest BCUT2D eigenvalue weighted by Gasteiger charge is -2.46. The van der Waals surface area contributed by atoms with E-state index < -0.39 is 5.41 Å². The van der Waals surface area contributed by atoms with Crippen LogP contribution < -0.4 is 0 Å². The van der Waals surface area contributed by atoms with Gasteiger partial charge in [-0.2, -0.15) is 5.26 Å². The van der Waals surface area contributed by atoms with Crippen LogP contribution >= 0.6 is 0 Å². The topological polar surface area (TPSA) is 62.5 Å². The largest absolute Gasteiger partial charge is 0.208 e. The molecule has 2 aliphatic carbocycles. The van der Waals surface area contributed by atoms with Crippen LogP contribution in [0.25, 0.3) is 56.4 Å². The number of benzene rings is 7. The maximum Gasteiger partial charge on any atom is 0.164 e. The van der Waals surface area contributed by atoms with Crippen LogP contribution in [0.15, 0.2) is 170 Å². The van der Waals surface area contributed by atoms with Gasteiger partial charge in [0.2, 0.25) is 0 Å². The van der Waals surface area contributed by atoms with Gasteiger partial charge in [0.1, 0.15) is 0 Å². The van der Waals surface area contributed by atoms with Crippen molar-refractivity contribution < 1.29 is 0 Å². The quantitative estimate of drug-likeness (QED) is 0.184. The van der Waals surface area contributed by atoms with Gasteiger partial charge in [-0.25, -0.2) is 15.0 Å². The molecule has 0 unspecified atom stereocenters. The molecule has 0 bridgehead atoms. The minimum absolute atomic E-state index is 0.133. The molecule has 4 heteroatoms. The van der Waals surface area contributed by atoms with Gasteiger partial charge < -0.3 is 0 Å². The van der Waals surface area contributed by atoms with Crippen LogP contribution in [0, 0.1) is 11.3 Å². The van der Waals surface area contributed by atoms with Gasteiger partial charge in [0.05, 0.1) is 17.0 Å². The van der Waals surface area contributed by atoms with Crippen molar-refractivity contribution in [3.63, 3.8) is 0 Å². The van der Waals surface area contributed by atoms with E-state index in [0.717, 1.165) is 27.8 Å². The lowest BCUT2D eigenvalue weighted by molar-refractivity contribution is 0.563. The van der Waals surface area contributed by atoms with Crippen LogP contribution in [0.2, 0.25) is 0 Å². The maximum absolute atomic E-state index is 9.38. The van der Waals surface area contributed by atoms with Crippen molar-refractivity contribution in [3.05, 3.63) is 209 Å². The van der Waals surface area contributed by atoms with Crippen LogP contribution in [0.3, 0.4) is 0 Å². The van der Waals surface area contributed by atoms with E-state index in [2.05, 4.69) is 135 Å². The number of aromatic nitrogens is 3. The summed E-state index contributed by atoms with van der Waals surface area (Å²) in [5, 5.41) is 9.38. The first-order valence-electron chi connectivity index (χ1n) is 18.3. The molecule has 7 aromatic carbocycles. The average molecular weight is 691 g/mol. The summed E-state index contributed by atoms with van der Waals surface area (Å²) in [4.78, 5) is 14.8. The standard InChI is InChI=1S/C50H34N4/c1-49(2)42-19-8-10-21-44(42)50(45-22-11-9-20-43(45)49)40-18-7-6-17-38(40)39-30-36(27-28-41(39)50)35-15-12-16-37(29-35)48-53-46(33-13-4-3-5-14-33)52-47(54-48)34-25-23-32(31-51)24-26-34/h3-30H,1-2H3. The molecular formula is C50H34N4. The predicted octanol–water partition coefficient (Wildman–Crippen LogP) is 11.4. The van der Waals surface area contributed by atoms with Gasteiger partial charge in [0.15, 0.2) is 17.5 Å². The molecule has 8 aromatic rings. The van der Waals surface area contributed by atoms with Crippen LogP contribution in [-0.4, -0.2) is 15.0 Å². The van der Waals surface area contributed by atoms with Gasteiger partial charge in [-0.3, -0.25) is 0 Å². The molecule has 0 saturated carbocycles. The second-order valence-electron chi connectivity index (χ2n) is 14.7. The summed E-state index contributed by atoms with van der Waals surface area (Å²) < 4.78 is 0. The molecule has 1 heterocycles. The van der Waals surface area contributed by atoms with Crippen LogP contribution in [-0.2, 0) is 10.8 Å². The molecular weight excluding hydrogens is 657 g/mol. The zero-order valence-corrected chi connectivity index (χ0v) is 30.0. The maximum atomic E-state index is 9.38. The normalized spacial score (nSPS) is 14.0. The third kappa shape index (κ3) is 4.65. The fraction of sp³-hybridized carbons (Fsp3) is 0.0800. The smallest absolute Gasteiger partial charge is 0.164 e. The molecule has 2 aliphatic rings. The molecule has 0 amide bonds. The van der Waals surface area contributed by atoms with E-state index in [0.29, 0.717) is 23.0 Å². The molecule has 0 fully saturated rings. The number of nitriles is 1. The van der Waals surface area contributed by atoms with E-state index in [1.807, 2.05) is 42.5 Å². The highest BCUT2D eigenvalue weighted by Gasteiger charge is 2.53. The number of nitrogens with zero attached hydrogens (tertiary/aromatic N) is 4. The van der Waals surface area contributed by atoms with E-state index in [4.69, 9.17) is 15.0 Å². The SMILES string of the molecule is CC1(C)c2ccccc2C2(c3ccccc3-c3cc(-c4cccc(-c5nc(-c6ccccc6)nc(-c6ccc(C#N)cc6)n5)c4)ccc32)c2ccccc21. The summed E-state index contributed by atoms with van der Waals surface area (Å²) in [5.41, 5.74) is 15.5. The van der Waals surface area contributed by atoms with E-state index in [-0.39, 0.29) is 5.41 Å². The molecule has 0 saturated heterocycles. The van der Waals surface area contributed by atoms with E-state index in [1.165, 1.54) is 44.5 Å². The molecule has 0 radical (unpaired) electrons. The highest BCUT2D eigenvalue weighted by atomic mass is 15.0. The van der Waals surface area contributed by atoms with Crippen molar-refractivity contribution in [2.75, 3.05) is 0 Å². The Kier molecular flexibility index (Phi) is 7.08. The van der Waals surface area contributed by atoms with E-state index in [9.17, 15) is 5.26 Å². The van der Waals surface area contributed by atoms with Crippen molar-refractivity contribution >= 4 is 0 Å². The first kappa shape index (κ1) is 31.7. The molecule has 254 valence electrons. The number of rotatable bonds is 4. The van der Waals surface area contributed by atoms with Gasteiger partial charge in [-0.05, 0) is 92.0 Å². The Hall–Kier alpha value is -6.96. The third-order valence-electron chi connectivity index (χ3n) is 11.4. The minimum Gasteiger partial charge on any atom is -0.208 e. The third-order valence-corrected chi connectivity index (χ3v) is 11.4. The molecule has 0 aliphatic heterocycles. The van der Waals surface area contributed by atoms with Crippen molar-refractivity contribution in [1.29, 1.82) is 5.26 Å². The Labute approximate surface area is 315 Å². The van der Waals surface area contributed by atoms with Crippen LogP contribution in [0.1, 0.15) is 52.8 Å². The van der Waals surface area contributed by atoms with E-state index in [1.54, 1.807) is 12.1 Å². The number of fused-ring (bicyclic) bond motifs is 9. The summed E-state index contributed by atoms with van der Waals surface area (Å²) in [7, 11) is 0. The first-order valence-corrected chi connectivity index (χ1v) is 18.3. The summed E-state index contributed by atoms with van der Waals surface area (Å²) in [6, 6.07) is 62.1. The van der Waals surface area contributed by atoms with E-state index >= 15 is 0 Å². The van der Waals surface area contributed by atoms with Gasteiger partial charge in [0.25, 0.3) is 0 Å². The van der Waals surface area contributed by atoms with Gasteiger partial charge in [-0.1, -0.05) is 147 Å². The lowest BCUT2D eigenvalue weighted by Crippen LogP contribution is -2.40. The van der Waals surface area contributed by atoms with Crippen molar-refractivity contribution in [1.82, 2.24) is 15.0 Å². The second kappa shape index (κ2) is 12.0.